The molecule has 0 unspecified atom stereocenters. The lowest BCUT2D eigenvalue weighted by Crippen LogP contribution is -2.06. The molecule has 20 heavy (non-hydrogen) atoms. The van der Waals surface area contributed by atoms with Crippen molar-refractivity contribution < 1.29 is 13.0 Å². The molecule has 0 bridgehead atoms. The number of benzene rings is 1. The van der Waals surface area contributed by atoms with Crippen LogP contribution in [-0.4, -0.2) is 9.19 Å². The third kappa shape index (κ3) is 2.30. The molecule has 3 nitrogen and oxygen atoms in total. The summed E-state index contributed by atoms with van der Waals surface area (Å²) in [5.41, 5.74) is 2.42. The maximum absolute atomic E-state index is 13.7. The molecule has 0 saturated heterocycles. The number of hydrogen-bond donors (Lipinski definition) is 0. The van der Waals surface area contributed by atoms with Crippen LogP contribution in [0.1, 0.15) is 40.1 Å². The molecule has 1 heterocycles. The van der Waals surface area contributed by atoms with Crippen molar-refractivity contribution in [2.24, 2.45) is 0 Å². The van der Waals surface area contributed by atoms with E-state index < -0.39 is 10.8 Å². The SMILES string of the molecule is Cc1nc(C[S@@](=O)[C@H]2CCc3c(F)cccc32)oc1C. The summed E-state index contributed by atoms with van der Waals surface area (Å²) in [5.74, 6) is 1.36. The monoisotopic (exact) mass is 293 g/mol. The Morgan fingerprint density at radius 2 is 2.25 bits per heavy atom. The second kappa shape index (κ2) is 5.13. The summed E-state index contributed by atoms with van der Waals surface area (Å²) in [7, 11) is -1.13. The van der Waals surface area contributed by atoms with Crippen LogP contribution in [-0.2, 0) is 23.0 Å². The number of halogens is 1. The maximum atomic E-state index is 13.7. The Labute approximate surface area is 119 Å². The first kappa shape index (κ1) is 13.5. The predicted octanol–water partition coefficient (Wildman–Crippen LogP) is 3.37. The molecule has 1 aromatic carbocycles. The van der Waals surface area contributed by atoms with Crippen molar-refractivity contribution in [3.63, 3.8) is 0 Å². The third-order valence-corrected chi connectivity index (χ3v) is 5.47. The Balaban J connectivity index is 1.82. The van der Waals surface area contributed by atoms with Crippen molar-refractivity contribution in [1.82, 2.24) is 4.98 Å². The lowest BCUT2D eigenvalue weighted by Gasteiger charge is -2.10. The molecule has 106 valence electrons. The highest BCUT2D eigenvalue weighted by Crippen LogP contribution is 2.37. The first-order valence-electron chi connectivity index (χ1n) is 6.63. The second-order valence-electron chi connectivity index (χ2n) is 5.11. The van der Waals surface area contributed by atoms with E-state index in [4.69, 9.17) is 4.42 Å². The molecule has 3 rings (SSSR count). The maximum Gasteiger partial charge on any atom is 0.207 e. The van der Waals surface area contributed by atoms with E-state index in [2.05, 4.69) is 4.98 Å². The number of aryl methyl sites for hydroxylation is 2. The zero-order valence-electron chi connectivity index (χ0n) is 11.5. The van der Waals surface area contributed by atoms with Gasteiger partial charge in [-0.25, -0.2) is 9.37 Å². The minimum absolute atomic E-state index is 0.117. The van der Waals surface area contributed by atoms with Crippen LogP contribution >= 0.6 is 0 Å². The van der Waals surface area contributed by atoms with Gasteiger partial charge in [-0.2, -0.15) is 0 Å². The van der Waals surface area contributed by atoms with E-state index in [1.165, 1.54) is 6.07 Å². The third-order valence-electron chi connectivity index (χ3n) is 3.81. The van der Waals surface area contributed by atoms with Gasteiger partial charge in [0.2, 0.25) is 5.89 Å². The van der Waals surface area contributed by atoms with Crippen LogP contribution in [0.3, 0.4) is 0 Å². The van der Waals surface area contributed by atoms with E-state index >= 15 is 0 Å². The minimum Gasteiger partial charge on any atom is -0.445 e. The average Bonchev–Trinajstić information content (AvgIpc) is 2.95. The average molecular weight is 293 g/mol. The van der Waals surface area contributed by atoms with Gasteiger partial charge < -0.3 is 4.42 Å². The Hall–Kier alpha value is -1.49. The van der Waals surface area contributed by atoms with E-state index in [0.717, 1.165) is 23.4 Å². The van der Waals surface area contributed by atoms with Gasteiger partial charge >= 0.3 is 0 Å². The molecule has 0 fully saturated rings. The van der Waals surface area contributed by atoms with E-state index in [1.54, 1.807) is 6.07 Å². The number of hydrogen-bond acceptors (Lipinski definition) is 3. The summed E-state index contributed by atoms with van der Waals surface area (Å²) in [4.78, 5) is 4.26. The standard InChI is InChI=1S/C15H16FNO2S/c1-9-10(2)19-15(17-9)8-20(18)14-7-6-11-12(14)4-3-5-13(11)16/h3-5,14H,6-8H2,1-2H3/t14-,20+/m0/s1. The number of aromatic nitrogens is 1. The quantitative estimate of drug-likeness (QED) is 0.871. The molecule has 5 heteroatoms. The van der Waals surface area contributed by atoms with Crippen molar-refractivity contribution in [2.45, 2.75) is 37.7 Å². The van der Waals surface area contributed by atoms with E-state index in [-0.39, 0.29) is 16.8 Å². The minimum atomic E-state index is -1.13. The Morgan fingerprint density at radius 3 is 2.95 bits per heavy atom. The van der Waals surface area contributed by atoms with Crippen LogP contribution in [0.15, 0.2) is 22.6 Å². The van der Waals surface area contributed by atoms with Gasteiger partial charge in [-0.1, -0.05) is 12.1 Å². The molecule has 1 aliphatic carbocycles. The van der Waals surface area contributed by atoms with Gasteiger partial charge in [0.15, 0.2) is 0 Å². The molecule has 0 amide bonds. The van der Waals surface area contributed by atoms with Gasteiger partial charge in [0.05, 0.1) is 10.9 Å². The van der Waals surface area contributed by atoms with Crippen molar-refractivity contribution in [1.29, 1.82) is 0 Å². The van der Waals surface area contributed by atoms with Gasteiger partial charge in [-0.05, 0) is 43.9 Å². The largest absolute Gasteiger partial charge is 0.445 e. The number of nitrogens with zero attached hydrogens (tertiary/aromatic N) is 1. The number of fused-ring (bicyclic) bond motifs is 1. The molecule has 0 radical (unpaired) electrons. The van der Waals surface area contributed by atoms with Crippen LogP contribution in [0.5, 0.6) is 0 Å². The summed E-state index contributed by atoms with van der Waals surface area (Å²) in [6.45, 7) is 3.71. The van der Waals surface area contributed by atoms with Crippen LogP contribution in [0.4, 0.5) is 4.39 Å². The van der Waals surface area contributed by atoms with Crippen LogP contribution in [0.2, 0.25) is 0 Å². The molecular formula is C15H16FNO2S. The summed E-state index contributed by atoms with van der Waals surface area (Å²) in [5, 5.41) is -0.117. The molecule has 2 aromatic rings. The highest BCUT2D eigenvalue weighted by atomic mass is 32.2. The smallest absolute Gasteiger partial charge is 0.207 e. The first-order chi connectivity index (χ1) is 9.56. The fourth-order valence-corrected chi connectivity index (χ4v) is 4.12. The summed E-state index contributed by atoms with van der Waals surface area (Å²) < 4.78 is 31.7. The Kier molecular flexibility index (Phi) is 3.46. The Morgan fingerprint density at radius 1 is 1.45 bits per heavy atom. The highest BCUT2D eigenvalue weighted by molar-refractivity contribution is 7.84. The van der Waals surface area contributed by atoms with Crippen LogP contribution < -0.4 is 0 Å². The van der Waals surface area contributed by atoms with Crippen molar-refractivity contribution in [2.75, 3.05) is 0 Å². The van der Waals surface area contributed by atoms with Crippen molar-refractivity contribution >= 4 is 10.8 Å². The van der Waals surface area contributed by atoms with E-state index in [0.29, 0.717) is 17.9 Å². The molecule has 0 aliphatic heterocycles. The van der Waals surface area contributed by atoms with Crippen LogP contribution in [0.25, 0.3) is 0 Å². The highest BCUT2D eigenvalue weighted by Gasteiger charge is 2.30. The summed E-state index contributed by atoms with van der Waals surface area (Å²) >= 11 is 0. The van der Waals surface area contributed by atoms with Gasteiger partial charge in [0, 0.05) is 10.8 Å². The molecular weight excluding hydrogens is 277 g/mol. The lowest BCUT2D eigenvalue weighted by molar-refractivity contribution is 0.487. The van der Waals surface area contributed by atoms with E-state index in [1.807, 2.05) is 19.9 Å². The van der Waals surface area contributed by atoms with Gasteiger partial charge in [0.25, 0.3) is 0 Å². The summed E-state index contributed by atoms with van der Waals surface area (Å²) in [6.07, 6.45) is 1.38. The predicted molar refractivity (Wildman–Crippen MR) is 75.3 cm³/mol. The normalized spacial score (nSPS) is 19.1. The molecule has 2 atom stereocenters. The molecule has 0 saturated carbocycles. The molecule has 1 aliphatic rings. The summed E-state index contributed by atoms with van der Waals surface area (Å²) in [6, 6.07) is 5.02. The van der Waals surface area contributed by atoms with Gasteiger partial charge in [-0.15, -0.1) is 0 Å². The zero-order chi connectivity index (χ0) is 14.3. The van der Waals surface area contributed by atoms with Gasteiger partial charge in [-0.3, -0.25) is 4.21 Å². The van der Waals surface area contributed by atoms with E-state index in [9.17, 15) is 8.60 Å². The Bertz CT molecular complexity index is 661. The molecule has 1 aromatic heterocycles. The second-order valence-corrected chi connectivity index (χ2v) is 6.73. The molecule has 0 N–H and O–H groups in total. The fourth-order valence-electron chi connectivity index (χ4n) is 2.67. The van der Waals surface area contributed by atoms with Crippen LogP contribution in [0, 0.1) is 19.7 Å². The van der Waals surface area contributed by atoms with Crippen molar-refractivity contribution in [3.05, 3.63) is 52.5 Å². The van der Waals surface area contributed by atoms with Crippen molar-refractivity contribution in [3.8, 4) is 0 Å². The topological polar surface area (TPSA) is 43.1 Å². The number of rotatable bonds is 3. The van der Waals surface area contributed by atoms with Gasteiger partial charge in [0.1, 0.15) is 17.3 Å². The number of oxazole rings is 1. The lowest BCUT2D eigenvalue weighted by atomic mass is 10.1. The first-order valence-corrected chi connectivity index (χ1v) is 8.02. The zero-order valence-corrected chi connectivity index (χ0v) is 12.3. The molecule has 0 spiro atoms. The fraction of sp³-hybridized carbons (Fsp3) is 0.400.